The van der Waals surface area contributed by atoms with Gasteiger partial charge in [0.05, 0.1) is 0 Å². The Labute approximate surface area is 97.7 Å². The van der Waals surface area contributed by atoms with E-state index in [0.29, 0.717) is 5.75 Å². The van der Waals surface area contributed by atoms with E-state index in [4.69, 9.17) is 6.42 Å². The minimum absolute atomic E-state index is 0.173. The first-order valence-electron chi connectivity index (χ1n) is 5.70. The number of para-hydroxylation sites is 1. The SMILES string of the molecule is C#CCCCCNC(C)c1ccccc1O. The maximum absolute atomic E-state index is 9.66. The summed E-state index contributed by atoms with van der Waals surface area (Å²) in [4.78, 5) is 0. The zero-order valence-corrected chi connectivity index (χ0v) is 9.74. The molecule has 1 aromatic carbocycles. The van der Waals surface area contributed by atoms with Gasteiger partial charge in [0, 0.05) is 18.0 Å². The average molecular weight is 217 g/mol. The van der Waals surface area contributed by atoms with E-state index in [1.54, 1.807) is 6.07 Å². The molecule has 1 rings (SSSR count). The molecule has 2 heteroatoms. The zero-order valence-electron chi connectivity index (χ0n) is 9.74. The van der Waals surface area contributed by atoms with Crippen molar-refractivity contribution in [3.63, 3.8) is 0 Å². The van der Waals surface area contributed by atoms with Crippen molar-refractivity contribution in [3.05, 3.63) is 29.8 Å². The number of phenolic OH excluding ortho intramolecular Hbond substituents is 1. The van der Waals surface area contributed by atoms with Crippen LogP contribution in [0.4, 0.5) is 0 Å². The highest BCUT2D eigenvalue weighted by molar-refractivity contribution is 5.33. The molecule has 0 aliphatic rings. The lowest BCUT2D eigenvalue weighted by Gasteiger charge is -2.15. The lowest BCUT2D eigenvalue weighted by Crippen LogP contribution is -2.19. The van der Waals surface area contributed by atoms with Crippen LogP contribution in [0, 0.1) is 12.3 Å². The lowest BCUT2D eigenvalue weighted by atomic mass is 10.1. The monoisotopic (exact) mass is 217 g/mol. The molecule has 2 nitrogen and oxygen atoms in total. The van der Waals surface area contributed by atoms with E-state index in [-0.39, 0.29) is 6.04 Å². The Morgan fingerprint density at radius 3 is 2.81 bits per heavy atom. The third-order valence-corrected chi connectivity index (χ3v) is 2.60. The minimum Gasteiger partial charge on any atom is -0.508 e. The van der Waals surface area contributed by atoms with Gasteiger partial charge < -0.3 is 10.4 Å². The smallest absolute Gasteiger partial charge is 0.120 e. The van der Waals surface area contributed by atoms with Crippen molar-refractivity contribution >= 4 is 0 Å². The van der Waals surface area contributed by atoms with Gasteiger partial charge >= 0.3 is 0 Å². The molecular weight excluding hydrogens is 198 g/mol. The second-order valence-corrected chi connectivity index (χ2v) is 3.90. The second kappa shape index (κ2) is 6.92. The van der Waals surface area contributed by atoms with E-state index < -0.39 is 0 Å². The van der Waals surface area contributed by atoms with E-state index >= 15 is 0 Å². The fraction of sp³-hybridized carbons (Fsp3) is 0.429. The summed E-state index contributed by atoms with van der Waals surface area (Å²) in [6.45, 7) is 2.98. The Kier molecular flexibility index (Phi) is 5.45. The Morgan fingerprint density at radius 2 is 2.12 bits per heavy atom. The van der Waals surface area contributed by atoms with E-state index in [0.717, 1.165) is 31.4 Å². The van der Waals surface area contributed by atoms with Crippen molar-refractivity contribution in [3.8, 4) is 18.1 Å². The van der Waals surface area contributed by atoms with Crippen LogP contribution in [0.1, 0.15) is 37.8 Å². The molecule has 1 aromatic rings. The first-order chi connectivity index (χ1) is 7.75. The van der Waals surface area contributed by atoms with Gasteiger partial charge in [-0.1, -0.05) is 18.2 Å². The summed E-state index contributed by atoms with van der Waals surface area (Å²) in [5.74, 6) is 2.98. The molecule has 0 fully saturated rings. The maximum atomic E-state index is 9.66. The fourth-order valence-corrected chi connectivity index (χ4v) is 1.63. The number of aromatic hydroxyl groups is 1. The number of hydrogen-bond acceptors (Lipinski definition) is 2. The highest BCUT2D eigenvalue weighted by Gasteiger charge is 2.07. The second-order valence-electron chi connectivity index (χ2n) is 3.90. The zero-order chi connectivity index (χ0) is 11.8. The number of hydrogen-bond donors (Lipinski definition) is 2. The molecule has 0 radical (unpaired) electrons. The Hall–Kier alpha value is -1.46. The van der Waals surface area contributed by atoms with Crippen molar-refractivity contribution in [1.29, 1.82) is 0 Å². The predicted molar refractivity (Wildman–Crippen MR) is 67.2 cm³/mol. The van der Waals surface area contributed by atoms with Gasteiger partial charge in [-0.2, -0.15) is 0 Å². The molecule has 16 heavy (non-hydrogen) atoms. The summed E-state index contributed by atoms with van der Waals surface area (Å²) in [5.41, 5.74) is 0.944. The number of terminal acetylenes is 1. The summed E-state index contributed by atoms with van der Waals surface area (Å²) in [6.07, 6.45) is 8.14. The number of unbranched alkanes of at least 4 members (excludes halogenated alkanes) is 2. The molecule has 2 N–H and O–H groups in total. The number of phenols is 1. The molecule has 0 spiro atoms. The molecular formula is C14H19NO. The topological polar surface area (TPSA) is 32.3 Å². The van der Waals surface area contributed by atoms with Gasteiger partial charge in [0.2, 0.25) is 0 Å². The molecule has 0 saturated heterocycles. The first kappa shape index (κ1) is 12.6. The van der Waals surface area contributed by atoms with Gasteiger partial charge in [0.15, 0.2) is 0 Å². The van der Waals surface area contributed by atoms with E-state index in [2.05, 4.69) is 18.2 Å². The van der Waals surface area contributed by atoms with Crippen molar-refractivity contribution in [2.24, 2.45) is 0 Å². The largest absolute Gasteiger partial charge is 0.508 e. The molecule has 0 bridgehead atoms. The number of benzene rings is 1. The summed E-state index contributed by atoms with van der Waals surface area (Å²) in [6, 6.07) is 7.59. The van der Waals surface area contributed by atoms with E-state index in [9.17, 15) is 5.11 Å². The molecule has 1 unspecified atom stereocenters. The normalized spacial score (nSPS) is 12.0. The molecule has 0 amide bonds. The van der Waals surface area contributed by atoms with E-state index in [1.807, 2.05) is 18.2 Å². The molecule has 0 heterocycles. The van der Waals surface area contributed by atoms with Crippen LogP contribution in [0.2, 0.25) is 0 Å². The molecule has 0 aliphatic carbocycles. The predicted octanol–water partition coefficient (Wildman–Crippen LogP) is 2.85. The van der Waals surface area contributed by atoms with Crippen LogP contribution in [0.3, 0.4) is 0 Å². The van der Waals surface area contributed by atoms with Crippen LogP contribution in [-0.2, 0) is 0 Å². The highest BCUT2D eigenvalue weighted by atomic mass is 16.3. The van der Waals surface area contributed by atoms with Crippen LogP contribution < -0.4 is 5.32 Å². The summed E-state index contributed by atoms with van der Waals surface area (Å²) < 4.78 is 0. The quantitative estimate of drug-likeness (QED) is 0.567. The van der Waals surface area contributed by atoms with Gasteiger partial charge in [-0.05, 0) is 32.4 Å². The van der Waals surface area contributed by atoms with Gasteiger partial charge in [-0.3, -0.25) is 0 Å². The summed E-state index contributed by atoms with van der Waals surface area (Å²) in [5, 5.41) is 13.0. The Morgan fingerprint density at radius 1 is 1.38 bits per heavy atom. The summed E-state index contributed by atoms with van der Waals surface area (Å²) in [7, 11) is 0. The van der Waals surface area contributed by atoms with Crippen LogP contribution in [-0.4, -0.2) is 11.7 Å². The molecule has 1 atom stereocenters. The van der Waals surface area contributed by atoms with Gasteiger partial charge in [-0.15, -0.1) is 12.3 Å². The van der Waals surface area contributed by atoms with Crippen molar-refractivity contribution < 1.29 is 5.11 Å². The fourth-order valence-electron chi connectivity index (χ4n) is 1.63. The van der Waals surface area contributed by atoms with Crippen molar-refractivity contribution in [1.82, 2.24) is 5.32 Å². The molecule has 86 valence electrons. The minimum atomic E-state index is 0.173. The summed E-state index contributed by atoms with van der Waals surface area (Å²) >= 11 is 0. The number of rotatable bonds is 6. The first-order valence-corrected chi connectivity index (χ1v) is 5.70. The van der Waals surface area contributed by atoms with Gasteiger partial charge in [0.1, 0.15) is 5.75 Å². The third-order valence-electron chi connectivity index (χ3n) is 2.60. The molecule has 0 aromatic heterocycles. The molecule has 0 aliphatic heterocycles. The number of nitrogens with one attached hydrogen (secondary N) is 1. The Balaban J connectivity index is 2.33. The van der Waals surface area contributed by atoms with Crippen molar-refractivity contribution in [2.45, 2.75) is 32.2 Å². The van der Waals surface area contributed by atoms with Gasteiger partial charge in [0.25, 0.3) is 0 Å². The van der Waals surface area contributed by atoms with E-state index in [1.165, 1.54) is 0 Å². The van der Waals surface area contributed by atoms with Crippen LogP contribution in [0.25, 0.3) is 0 Å². The van der Waals surface area contributed by atoms with Crippen molar-refractivity contribution in [2.75, 3.05) is 6.54 Å². The third kappa shape index (κ3) is 3.96. The Bertz CT molecular complexity index is 354. The molecule has 0 saturated carbocycles. The van der Waals surface area contributed by atoms with Gasteiger partial charge in [-0.25, -0.2) is 0 Å². The van der Waals surface area contributed by atoms with Crippen LogP contribution in [0.5, 0.6) is 5.75 Å². The lowest BCUT2D eigenvalue weighted by molar-refractivity contribution is 0.451. The standard InChI is InChI=1S/C14H19NO/c1-3-4-5-8-11-15-12(2)13-9-6-7-10-14(13)16/h1,6-7,9-10,12,15-16H,4-5,8,11H2,2H3. The average Bonchev–Trinajstić information content (AvgIpc) is 2.29. The maximum Gasteiger partial charge on any atom is 0.120 e. The van der Waals surface area contributed by atoms with Crippen LogP contribution >= 0.6 is 0 Å². The highest BCUT2D eigenvalue weighted by Crippen LogP contribution is 2.22. The van der Waals surface area contributed by atoms with Crippen LogP contribution in [0.15, 0.2) is 24.3 Å².